The third-order valence-corrected chi connectivity index (χ3v) is 4.15. The number of anilines is 1. The molecule has 4 nitrogen and oxygen atoms in total. The van der Waals surface area contributed by atoms with Crippen LogP contribution in [0.2, 0.25) is 0 Å². The van der Waals surface area contributed by atoms with Gasteiger partial charge in [0.25, 0.3) is 5.56 Å². The zero-order valence-corrected chi connectivity index (χ0v) is 13.1. The summed E-state index contributed by atoms with van der Waals surface area (Å²) < 4.78 is 1.77. The van der Waals surface area contributed by atoms with Crippen LogP contribution < -0.4 is 10.5 Å². The largest absolute Gasteiger partial charge is 0.352 e. The molecule has 0 amide bonds. The van der Waals surface area contributed by atoms with E-state index in [0.717, 1.165) is 37.8 Å². The second kappa shape index (κ2) is 7.08. The Morgan fingerprint density at radius 3 is 3.11 bits per heavy atom. The molecule has 106 valence electrons. The minimum atomic E-state index is 0.0591. The van der Waals surface area contributed by atoms with Crippen LogP contribution in [0.4, 0.5) is 5.82 Å². The molecular weight excluding hydrogens is 306 g/mol. The highest BCUT2D eigenvalue weighted by Gasteiger charge is 2.22. The number of hydrogen-bond acceptors (Lipinski definition) is 3. The van der Waals surface area contributed by atoms with Gasteiger partial charge >= 0.3 is 0 Å². The van der Waals surface area contributed by atoms with Crippen LogP contribution in [0.5, 0.6) is 0 Å². The van der Waals surface area contributed by atoms with Gasteiger partial charge in [0.2, 0.25) is 0 Å². The van der Waals surface area contributed by atoms with E-state index in [2.05, 4.69) is 32.7 Å². The van der Waals surface area contributed by atoms with E-state index in [0.29, 0.717) is 11.7 Å². The van der Waals surface area contributed by atoms with Crippen LogP contribution in [-0.4, -0.2) is 28.0 Å². The van der Waals surface area contributed by atoms with Crippen LogP contribution in [-0.2, 0) is 6.54 Å². The van der Waals surface area contributed by atoms with Gasteiger partial charge in [-0.05, 0) is 31.6 Å². The number of alkyl halides is 1. The molecule has 1 fully saturated rings. The lowest BCUT2D eigenvalue weighted by atomic mass is 9.96. The molecule has 0 bridgehead atoms. The van der Waals surface area contributed by atoms with Crippen molar-refractivity contribution in [1.82, 2.24) is 9.55 Å². The highest BCUT2D eigenvalue weighted by atomic mass is 79.9. The predicted molar refractivity (Wildman–Crippen MR) is 82.1 cm³/mol. The van der Waals surface area contributed by atoms with E-state index in [-0.39, 0.29) is 5.56 Å². The minimum absolute atomic E-state index is 0.0591. The number of piperidine rings is 1. The molecule has 5 heteroatoms. The predicted octanol–water partition coefficient (Wildman–Crippen LogP) is 2.65. The van der Waals surface area contributed by atoms with Gasteiger partial charge in [0, 0.05) is 37.4 Å². The quantitative estimate of drug-likeness (QED) is 0.780. The highest BCUT2D eigenvalue weighted by molar-refractivity contribution is 9.09. The molecule has 0 N–H and O–H groups in total. The van der Waals surface area contributed by atoms with Crippen LogP contribution >= 0.6 is 15.9 Å². The van der Waals surface area contributed by atoms with E-state index in [1.807, 2.05) is 0 Å². The molecule has 0 spiro atoms. The van der Waals surface area contributed by atoms with Crippen molar-refractivity contribution in [1.29, 1.82) is 0 Å². The molecule has 1 atom stereocenters. The van der Waals surface area contributed by atoms with E-state index < -0.39 is 0 Å². The summed E-state index contributed by atoms with van der Waals surface area (Å²) in [5.41, 5.74) is 0.0591. The van der Waals surface area contributed by atoms with E-state index in [9.17, 15) is 4.79 Å². The summed E-state index contributed by atoms with van der Waals surface area (Å²) in [7, 11) is 0. The van der Waals surface area contributed by atoms with Crippen molar-refractivity contribution in [3.63, 3.8) is 0 Å². The van der Waals surface area contributed by atoms with E-state index in [1.54, 1.807) is 17.0 Å². The standard InChI is InChI=1S/C14H22BrN3O/c1-2-8-17-10-7-16-13(14(17)19)18-9-3-4-12(11-18)5-6-15/h7,10,12H,2-6,8-9,11H2,1H3. The maximum atomic E-state index is 12.4. The average Bonchev–Trinajstić information content (AvgIpc) is 2.42. The fraction of sp³-hybridized carbons (Fsp3) is 0.714. The summed E-state index contributed by atoms with van der Waals surface area (Å²) in [5, 5.41) is 1.04. The zero-order chi connectivity index (χ0) is 13.7. The Morgan fingerprint density at radius 1 is 1.53 bits per heavy atom. The normalized spacial score (nSPS) is 19.7. The summed E-state index contributed by atoms with van der Waals surface area (Å²) in [5.74, 6) is 1.31. The topological polar surface area (TPSA) is 38.1 Å². The second-order valence-electron chi connectivity index (χ2n) is 5.18. The van der Waals surface area contributed by atoms with Gasteiger partial charge in [-0.25, -0.2) is 4.98 Å². The Labute approximate surface area is 123 Å². The van der Waals surface area contributed by atoms with Crippen molar-refractivity contribution in [2.24, 2.45) is 5.92 Å². The van der Waals surface area contributed by atoms with Crippen molar-refractivity contribution in [3.05, 3.63) is 22.7 Å². The van der Waals surface area contributed by atoms with E-state index in [1.165, 1.54) is 12.8 Å². The van der Waals surface area contributed by atoms with Crippen molar-refractivity contribution in [3.8, 4) is 0 Å². The Morgan fingerprint density at radius 2 is 2.37 bits per heavy atom. The molecule has 2 heterocycles. The fourth-order valence-corrected chi connectivity index (χ4v) is 3.36. The Hall–Kier alpha value is -0.840. The molecule has 1 aromatic heterocycles. The monoisotopic (exact) mass is 327 g/mol. The number of aryl methyl sites for hydroxylation is 1. The van der Waals surface area contributed by atoms with Crippen LogP contribution in [0.3, 0.4) is 0 Å². The van der Waals surface area contributed by atoms with Crippen LogP contribution in [0.25, 0.3) is 0 Å². The number of halogens is 1. The zero-order valence-electron chi connectivity index (χ0n) is 11.5. The fourth-order valence-electron chi connectivity index (χ4n) is 2.72. The summed E-state index contributed by atoms with van der Waals surface area (Å²) in [6.07, 6.45) is 8.09. The van der Waals surface area contributed by atoms with Gasteiger partial charge in [-0.3, -0.25) is 4.79 Å². The molecule has 1 aliphatic heterocycles. The van der Waals surface area contributed by atoms with Crippen molar-refractivity contribution in [2.75, 3.05) is 23.3 Å². The Balaban J connectivity index is 2.17. The van der Waals surface area contributed by atoms with Crippen LogP contribution in [0.1, 0.15) is 32.6 Å². The second-order valence-corrected chi connectivity index (χ2v) is 5.97. The van der Waals surface area contributed by atoms with Gasteiger partial charge in [-0.2, -0.15) is 0 Å². The molecular formula is C14H22BrN3O. The third kappa shape index (κ3) is 3.59. The van der Waals surface area contributed by atoms with Crippen molar-refractivity contribution in [2.45, 2.75) is 39.2 Å². The maximum Gasteiger partial charge on any atom is 0.293 e. The smallest absolute Gasteiger partial charge is 0.293 e. The molecule has 0 aromatic carbocycles. The van der Waals surface area contributed by atoms with Gasteiger partial charge in [0.05, 0.1) is 0 Å². The molecule has 2 rings (SSSR count). The lowest BCUT2D eigenvalue weighted by Crippen LogP contribution is -2.40. The first-order chi connectivity index (χ1) is 9.26. The molecule has 1 aromatic rings. The van der Waals surface area contributed by atoms with Gasteiger partial charge in [-0.15, -0.1) is 0 Å². The number of rotatable bonds is 5. The summed E-state index contributed by atoms with van der Waals surface area (Å²) in [4.78, 5) is 18.9. The van der Waals surface area contributed by atoms with Gasteiger partial charge in [0.15, 0.2) is 5.82 Å². The maximum absolute atomic E-state index is 12.4. The minimum Gasteiger partial charge on any atom is -0.352 e. The first kappa shape index (κ1) is 14.6. The molecule has 0 saturated carbocycles. The Kier molecular flexibility index (Phi) is 5.43. The average molecular weight is 328 g/mol. The molecule has 1 aliphatic rings. The summed E-state index contributed by atoms with van der Waals surface area (Å²) >= 11 is 3.51. The van der Waals surface area contributed by atoms with Crippen molar-refractivity contribution < 1.29 is 0 Å². The van der Waals surface area contributed by atoms with Gasteiger partial charge in [0.1, 0.15) is 0 Å². The van der Waals surface area contributed by atoms with Gasteiger partial charge < -0.3 is 9.47 Å². The number of aromatic nitrogens is 2. The van der Waals surface area contributed by atoms with Crippen LogP contribution in [0, 0.1) is 5.92 Å². The number of nitrogens with zero attached hydrogens (tertiary/aromatic N) is 3. The van der Waals surface area contributed by atoms with E-state index in [4.69, 9.17) is 0 Å². The first-order valence-electron chi connectivity index (χ1n) is 7.12. The molecule has 1 unspecified atom stereocenters. The summed E-state index contributed by atoms with van der Waals surface area (Å²) in [6, 6.07) is 0. The lowest BCUT2D eigenvalue weighted by molar-refractivity contribution is 0.404. The van der Waals surface area contributed by atoms with Crippen molar-refractivity contribution >= 4 is 21.7 Å². The summed E-state index contributed by atoms with van der Waals surface area (Å²) in [6.45, 7) is 4.77. The third-order valence-electron chi connectivity index (χ3n) is 3.70. The Bertz CT molecular complexity index is 458. The molecule has 1 saturated heterocycles. The molecule has 19 heavy (non-hydrogen) atoms. The molecule has 0 aliphatic carbocycles. The van der Waals surface area contributed by atoms with Gasteiger partial charge in [-0.1, -0.05) is 22.9 Å². The van der Waals surface area contributed by atoms with E-state index >= 15 is 0 Å². The first-order valence-corrected chi connectivity index (χ1v) is 8.24. The molecule has 0 radical (unpaired) electrons. The lowest BCUT2D eigenvalue weighted by Gasteiger charge is -2.33. The SMILES string of the molecule is CCCn1ccnc(N2CCCC(CCBr)C2)c1=O. The van der Waals surface area contributed by atoms with Crippen LogP contribution in [0.15, 0.2) is 17.2 Å². The number of hydrogen-bond donors (Lipinski definition) is 0. The highest BCUT2D eigenvalue weighted by Crippen LogP contribution is 2.22.